The smallest absolute Gasteiger partial charge is 0.0857 e. The average Bonchev–Trinajstić information content (AvgIpc) is 2.25. The molecule has 1 aromatic rings. The fourth-order valence-corrected chi connectivity index (χ4v) is 1.27. The number of oxime groups is 1. The summed E-state index contributed by atoms with van der Waals surface area (Å²) in [6.07, 6.45) is 1.07. The van der Waals surface area contributed by atoms with Gasteiger partial charge in [0.15, 0.2) is 0 Å². The minimum absolute atomic E-state index is 0.629. The SMILES string of the molecule is CCCNc1ccccc1/C(C)=N/O. The number of nitrogens with zero attached hydrogens (tertiary/aromatic N) is 1. The van der Waals surface area contributed by atoms with Crippen LogP contribution in [-0.4, -0.2) is 17.5 Å². The predicted octanol–water partition coefficient (Wildman–Crippen LogP) is 2.71. The van der Waals surface area contributed by atoms with Gasteiger partial charge in [-0.1, -0.05) is 30.3 Å². The van der Waals surface area contributed by atoms with Gasteiger partial charge in [-0.15, -0.1) is 0 Å². The van der Waals surface area contributed by atoms with Crippen LogP contribution in [0.15, 0.2) is 29.4 Å². The standard InChI is InChI=1S/C11H16N2O/c1-3-8-12-11-7-5-4-6-10(11)9(2)13-14/h4-7,12,14H,3,8H2,1-2H3/b13-9+. The zero-order valence-corrected chi connectivity index (χ0v) is 8.62. The Labute approximate surface area is 84.4 Å². The van der Waals surface area contributed by atoms with E-state index < -0.39 is 0 Å². The average molecular weight is 192 g/mol. The van der Waals surface area contributed by atoms with Gasteiger partial charge in [-0.25, -0.2) is 0 Å². The second-order valence-corrected chi connectivity index (χ2v) is 3.16. The monoisotopic (exact) mass is 192 g/mol. The fraction of sp³-hybridized carbons (Fsp3) is 0.364. The van der Waals surface area contributed by atoms with Crippen LogP contribution in [-0.2, 0) is 0 Å². The normalized spacial score (nSPS) is 11.4. The maximum Gasteiger partial charge on any atom is 0.0857 e. The van der Waals surface area contributed by atoms with Crippen molar-refractivity contribution >= 4 is 11.4 Å². The quantitative estimate of drug-likeness (QED) is 0.437. The van der Waals surface area contributed by atoms with Crippen molar-refractivity contribution in [2.24, 2.45) is 5.16 Å². The third kappa shape index (κ3) is 2.49. The van der Waals surface area contributed by atoms with E-state index in [9.17, 15) is 0 Å². The van der Waals surface area contributed by atoms with Gasteiger partial charge >= 0.3 is 0 Å². The Morgan fingerprint density at radius 2 is 2.14 bits per heavy atom. The summed E-state index contributed by atoms with van der Waals surface area (Å²) >= 11 is 0. The largest absolute Gasteiger partial charge is 0.411 e. The number of hydrogen-bond donors (Lipinski definition) is 2. The molecule has 0 unspecified atom stereocenters. The van der Waals surface area contributed by atoms with Crippen molar-refractivity contribution in [3.05, 3.63) is 29.8 Å². The number of anilines is 1. The van der Waals surface area contributed by atoms with Gasteiger partial charge in [0.2, 0.25) is 0 Å². The van der Waals surface area contributed by atoms with Crippen LogP contribution in [0.5, 0.6) is 0 Å². The van der Waals surface area contributed by atoms with Gasteiger partial charge in [-0.3, -0.25) is 0 Å². The Morgan fingerprint density at radius 1 is 1.43 bits per heavy atom. The summed E-state index contributed by atoms with van der Waals surface area (Å²) in [5.74, 6) is 0. The Bertz CT molecular complexity index is 321. The van der Waals surface area contributed by atoms with E-state index in [1.54, 1.807) is 6.92 Å². The highest BCUT2D eigenvalue weighted by Gasteiger charge is 2.03. The molecule has 1 rings (SSSR count). The summed E-state index contributed by atoms with van der Waals surface area (Å²) in [6, 6.07) is 7.82. The zero-order valence-electron chi connectivity index (χ0n) is 8.62. The molecule has 3 nitrogen and oxygen atoms in total. The van der Waals surface area contributed by atoms with Crippen LogP contribution in [0.2, 0.25) is 0 Å². The molecule has 76 valence electrons. The van der Waals surface area contributed by atoms with Gasteiger partial charge in [0, 0.05) is 17.8 Å². The molecular weight excluding hydrogens is 176 g/mol. The van der Waals surface area contributed by atoms with Crippen LogP contribution in [0, 0.1) is 0 Å². The van der Waals surface area contributed by atoms with Crippen molar-refractivity contribution in [2.45, 2.75) is 20.3 Å². The first-order valence-corrected chi connectivity index (χ1v) is 4.81. The van der Waals surface area contributed by atoms with Crippen molar-refractivity contribution < 1.29 is 5.21 Å². The van der Waals surface area contributed by atoms with Crippen molar-refractivity contribution in [3.63, 3.8) is 0 Å². The molecule has 3 heteroatoms. The lowest BCUT2D eigenvalue weighted by molar-refractivity contribution is 0.319. The molecule has 0 aliphatic heterocycles. The van der Waals surface area contributed by atoms with Crippen molar-refractivity contribution in [1.82, 2.24) is 0 Å². The molecule has 0 bridgehead atoms. The maximum absolute atomic E-state index is 8.70. The molecule has 0 heterocycles. The number of nitrogens with one attached hydrogen (secondary N) is 1. The summed E-state index contributed by atoms with van der Waals surface area (Å²) < 4.78 is 0. The summed E-state index contributed by atoms with van der Waals surface area (Å²) in [6.45, 7) is 4.82. The molecule has 0 aliphatic rings. The van der Waals surface area contributed by atoms with Gasteiger partial charge in [-0.05, 0) is 19.4 Å². The highest BCUT2D eigenvalue weighted by atomic mass is 16.4. The van der Waals surface area contributed by atoms with E-state index in [2.05, 4.69) is 17.4 Å². The van der Waals surface area contributed by atoms with E-state index >= 15 is 0 Å². The zero-order chi connectivity index (χ0) is 10.4. The lowest BCUT2D eigenvalue weighted by Gasteiger charge is -2.09. The summed E-state index contributed by atoms with van der Waals surface area (Å²) in [5, 5.41) is 15.2. The highest BCUT2D eigenvalue weighted by Crippen LogP contribution is 2.15. The van der Waals surface area contributed by atoms with Crippen LogP contribution < -0.4 is 5.32 Å². The van der Waals surface area contributed by atoms with E-state index in [0.29, 0.717) is 5.71 Å². The third-order valence-electron chi connectivity index (χ3n) is 2.03. The molecule has 0 radical (unpaired) electrons. The van der Waals surface area contributed by atoms with Gasteiger partial charge in [0.1, 0.15) is 0 Å². The van der Waals surface area contributed by atoms with Crippen molar-refractivity contribution in [3.8, 4) is 0 Å². The molecule has 0 saturated heterocycles. The van der Waals surface area contributed by atoms with E-state index in [1.807, 2.05) is 24.3 Å². The van der Waals surface area contributed by atoms with Crippen LogP contribution >= 0.6 is 0 Å². The fourth-order valence-electron chi connectivity index (χ4n) is 1.27. The molecule has 0 aromatic heterocycles. The van der Waals surface area contributed by atoms with Crippen molar-refractivity contribution in [1.29, 1.82) is 0 Å². The Kier molecular flexibility index (Phi) is 3.98. The molecular formula is C11H16N2O. The highest BCUT2D eigenvalue weighted by molar-refractivity contribution is 6.03. The maximum atomic E-state index is 8.70. The lowest BCUT2D eigenvalue weighted by Crippen LogP contribution is -2.05. The van der Waals surface area contributed by atoms with E-state index in [0.717, 1.165) is 24.2 Å². The molecule has 14 heavy (non-hydrogen) atoms. The van der Waals surface area contributed by atoms with Gasteiger partial charge < -0.3 is 10.5 Å². The minimum atomic E-state index is 0.629. The number of hydrogen-bond acceptors (Lipinski definition) is 3. The van der Waals surface area contributed by atoms with E-state index in [4.69, 9.17) is 5.21 Å². The first-order valence-electron chi connectivity index (χ1n) is 4.81. The second kappa shape index (κ2) is 5.27. The molecule has 0 saturated carbocycles. The van der Waals surface area contributed by atoms with Gasteiger partial charge in [0.05, 0.1) is 5.71 Å². The first kappa shape index (κ1) is 10.6. The van der Waals surface area contributed by atoms with E-state index in [-0.39, 0.29) is 0 Å². The van der Waals surface area contributed by atoms with Gasteiger partial charge in [0.25, 0.3) is 0 Å². The van der Waals surface area contributed by atoms with Crippen molar-refractivity contribution in [2.75, 3.05) is 11.9 Å². The Morgan fingerprint density at radius 3 is 2.79 bits per heavy atom. The molecule has 0 atom stereocenters. The van der Waals surface area contributed by atoms with Crippen LogP contribution in [0.3, 0.4) is 0 Å². The molecule has 1 aromatic carbocycles. The molecule has 0 spiro atoms. The summed E-state index contributed by atoms with van der Waals surface area (Å²) in [4.78, 5) is 0. The van der Waals surface area contributed by atoms with Gasteiger partial charge in [-0.2, -0.15) is 0 Å². The summed E-state index contributed by atoms with van der Waals surface area (Å²) in [7, 11) is 0. The molecule has 2 N–H and O–H groups in total. The third-order valence-corrected chi connectivity index (χ3v) is 2.03. The molecule has 0 fully saturated rings. The van der Waals surface area contributed by atoms with E-state index in [1.165, 1.54) is 0 Å². The van der Waals surface area contributed by atoms with Crippen LogP contribution in [0.25, 0.3) is 0 Å². The number of benzene rings is 1. The molecule has 0 amide bonds. The first-order chi connectivity index (χ1) is 6.79. The Balaban J connectivity index is 2.91. The summed E-state index contributed by atoms with van der Waals surface area (Å²) in [5.41, 5.74) is 2.59. The van der Waals surface area contributed by atoms with Crippen LogP contribution in [0.4, 0.5) is 5.69 Å². The number of para-hydroxylation sites is 1. The molecule has 0 aliphatic carbocycles. The van der Waals surface area contributed by atoms with Crippen LogP contribution in [0.1, 0.15) is 25.8 Å². The predicted molar refractivity (Wildman–Crippen MR) is 59.2 cm³/mol. The number of rotatable bonds is 4. The Hall–Kier alpha value is -1.51. The topological polar surface area (TPSA) is 44.6 Å². The second-order valence-electron chi connectivity index (χ2n) is 3.16. The minimum Gasteiger partial charge on any atom is -0.411 e. The lowest BCUT2D eigenvalue weighted by atomic mass is 10.1.